The van der Waals surface area contributed by atoms with Gasteiger partial charge in [-0.25, -0.2) is 4.79 Å². The molecule has 0 spiro atoms. The number of hydrogen-bond acceptors (Lipinski definition) is 7. The van der Waals surface area contributed by atoms with E-state index in [0.29, 0.717) is 16.3 Å². The minimum atomic E-state index is -1.11. The molecule has 2 heterocycles. The SMILES string of the molecule is COc1ccc(C[C@H]2NC(=O)/C=C/C[C@@H]([C@H](C)[C@H]3O[C@@H]3c3ccccc3)OC(=O)[C@H](C(C)(C)C)NC(=O)C(C)(C)CNC2=O)cc1Cl. The van der Waals surface area contributed by atoms with Gasteiger partial charge in [-0.05, 0) is 48.6 Å². The molecule has 2 aromatic carbocycles. The fourth-order valence-corrected chi connectivity index (χ4v) is 5.79. The maximum Gasteiger partial charge on any atom is 0.329 e. The van der Waals surface area contributed by atoms with Crippen LogP contribution in [0.15, 0.2) is 60.7 Å². The van der Waals surface area contributed by atoms with Crippen molar-refractivity contribution < 1.29 is 33.4 Å². The second kappa shape index (κ2) is 14.9. The molecule has 0 saturated carbocycles. The van der Waals surface area contributed by atoms with Crippen LogP contribution in [0, 0.1) is 16.7 Å². The summed E-state index contributed by atoms with van der Waals surface area (Å²) in [7, 11) is 1.51. The number of nitrogens with one attached hydrogen (secondary N) is 3. The minimum Gasteiger partial charge on any atom is -0.495 e. The number of rotatable bonds is 6. The Bertz CT molecular complexity index is 1490. The summed E-state index contributed by atoms with van der Waals surface area (Å²) in [6.07, 6.45) is 2.33. The summed E-state index contributed by atoms with van der Waals surface area (Å²) in [6.45, 7) is 10.8. The smallest absolute Gasteiger partial charge is 0.329 e. The molecule has 4 rings (SSSR count). The Hall–Kier alpha value is -3.89. The molecule has 10 nitrogen and oxygen atoms in total. The quantitative estimate of drug-likeness (QED) is 0.300. The highest BCUT2D eigenvalue weighted by molar-refractivity contribution is 6.32. The number of esters is 1. The predicted molar refractivity (Wildman–Crippen MR) is 179 cm³/mol. The molecule has 0 aliphatic carbocycles. The second-order valence-corrected chi connectivity index (χ2v) is 14.4. The van der Waals surface area contributed by atoms with Crippen LogP contribution in [-0.4, -0.2) is 61.6 Å². The summed E-state index contributed by atoms with van der Waals surface area (Å²) >= 11 is 6.32. The van der Waals surface area contributed by atoms with Gasteiger partial charge in [0, 0.05) is 25.3 Å². The highest BCUT2D eigenvalue weighted by Gasteiger charge is 2.48. The largest absolute Gasteiger partial charge is 0.495 e. The lowest BCUT2D eigenvalue weighted by Crippen LogP contribution is -2.56. The first-order valence-electron chi connectivity index (χ1n) is 15.9. The van der Waals surface area contributed by atoms with Crippen molar-refractivity contribution in [2.45, 2.75) is 84.8 Å². The van der Waals surface area contributed by atoms with E-state index in [4.69, 9.17) is 25.8 Å². The molecule has 0 bridgehead atoms. The van der Waals surface area contributed by atoms with Crippen LogP contribution in [0.3, 0.4) is 0 Å². The molecule has 2 aromatic rings. The van der Waals surface area contributed by atoms with Gasteiger partial charge in [0.1, 0.15) is 30.0 Å². The molecule has 3 amide bonds. The predicted octanol–water partition coefficient (Wildman–Crippen LogP) is 4.70. The number of carbonyl (C=O) groups is 4. The zero-order chi connectivity index (χ0) is 34.5. The first kappa shape index (κ1) is 36.0. The van der Waals surface area contributed by atoms with Crippen LogP contribution in [0.25, 0.3) is 0 Å². The topological polar surface area (TPSA) is 135 Å². The molecule has 0 aromatic heterocycles. The van der Waals surface area contributed by atoms with Gasteiger partial charge in [-0.15, -0.1) is 0 Å². The average Bonchev–Trinajstić information content (AvgIpc) is 3.82. The van der Waals surface area contributed by atoms with E-state index >= 15 is 0 Å². The molecule has 47 heavy (non-hydrogen) atoms. The molecule has 3 N–H and O–H groups in total. The van der Waals surface area contributed by atoms with Crippen molar-refractivity contribution in [3.05, 3.63) is 76.8 Å². The fraction of sp³-hybridized carbons (Fsp3) is 0.500. The van der Waals surface area contributed by atoms with Gasteiger partial charge in [-0.3, -0.25) is 14.4 Å². The first-order chi connectivity index (χ1) is 22.1. The van der Waals surface area contributed by atoms with Gasteiger partial charge in [0.25, 0.3) is 0 Å². The molecule has 1 saturated heterocycles. The summed E-state index contributed by atoms with van der Waals surface area (Å²) in [5.74, 6) is -1.72. The highest BCUT2D eigenvalue weighted by Crippen LogP contribution is 2.45. The number of epoxide rings is 1. The van der Waals surface area contributed by atoms with E-state index < -0.39 is 52.7 Å². The van der Waals surface area contributed by atoms with Crippen molar-refractivity contribution >= 4 is 35.3 Å². The fourth-order valence-electron chi connectivity index (χ4n) is 5.51. The first-order valence-corrected chi connectivity index (χ1v) is 16.3. The van der Waals surface area contributed by atoms with Crippen molar-refractivity contribution in [3.63, 3.8) is 0 Å². The molecule has 2 aliphatic heterocycles. The van der Waals surface area contributed by atoms with Crippen molar-refractivity contribution in [1.29, 1.82) is 0 Å². The number of carbonyl (C=O) groups excluding carboxylic acids is 4. The normalized spacial score (nSPS) is 27.0. The molecular formula is C36H46ClN3O7. The third-order valence-corrected chi connectivity index (χ3v) is 8.94. The highest BCUT2D eigenvalue weighted by atomic mass is 35.5. The van der Waals surface area contributed by atoms with E-state index in [0.717, 1.165) is 5.56 Å². The van der Waals surface area contributed by atoms with Crippen LogP contribution >= 0.6 is 11.6 Å². The van der Waals surface area contributed by atoms with Crippen molar-refractivity contribution in [2.75, 3.05) is 13.7 Å². The van der Waals surface area contributed by atoms with Crippen LogP contribution < -0.4 is 20.7 Å². The molecule has 2 aliphatic rings. The molecule has 1 fully saturated rings. The third-order valence-electron chi connectivity index (χ3n) is 8.65. The van der Waals surface area contributed by atoms with Gasteiger partial charge in [-0.2, -0.15) is 0 Å². The Morgan fingerprint density at radius 3 is 2.38 bits per heavy atom. The standard InChI is InChI=1S/C36H46ClN3O7/c1-21(29-30(47-29)23-12-9-8-10-13-23)26-14-11-15-28(41)39-25(19-22-16-17-27(45-7)24(37)18-22)32(42)38-20-36(5,6)34(44)40-31(33(43)46-26)35(2,3)4/h8-13,15-18,21,25-26,29-31H,14,19-20H2,1-7H3,(H,38,42)(H,39,41)(H,40,44)/b15-11+/t21-,25+,26-,29+,30+,31+/m0/s1. The Morgan fingerprint density at radius 1 is 1.04 bits per heavy atom. The van der Waals surface area contributed by atoms with Crippen molar-refractivity contribution in [3.8, 4) is 5.75 Å². The lowest BCUT2D eigenvalue weighted by molar-refractivity contribution is -0.159. The molecular weight excluding hydrogens is 622 g/mol. The van der Waals surface area contributed by atoms with E-state index in [-0.39, 0.29) is 37.5 Å². The van der Waals surface area contributed by atoms with Gasteiger partial charge in [0.05, 0.1) is 23.7 Å². The van der Waals surface area contributed by atoms with Crippen LogP contribution in [0.1, 0.15) is 65.2 Å². The van der Waals surface area contributed by atoms with Crippen molar-refractivity contribution in [2.24, 2.45) is 16.7 Å². The van der Waals surface area contributed by atoms with Gasteiger partial charge in [0.15, 0.2) is 0 Å². The molecule has 0 unspecified atom stereocenters. The van der Waals surface area contributed by atoms with Gasteiger partial charge >= 0.3 is 5.97 Å². The Labute approximate surface area is 281 Å². The number of ether oxygens (including phenoxy) is 3. The Kier molecular flexibility index (Phi) is 11.4. The summed E-state index contributed by atoms with van der Waals surface area (Å²) in [5, 5.41) is 8.87. The van der Waals surface area contributed by atoms with E-state index in [9.17, 15) is 19.2 Å². The monoisotopic (exact) mass is 667 g/mol. The lowest BCUT2D eigenvalue weighted by atomic mass is 9.84. The molecule has 254 valence electrons. The van der Waals surface area contributed by atoms with Crippen LogP contribution in [0.2, 0.25) is 5.02 Å². The zero-order valence-electron chi connectivity index (χ0n) is 28.1. The number of hydrogen-bond donors (Lipinski definition) is 3. The summed E-state index contributed by atoms with van der Waals surface area (Å²) in [5.41, 5.74) is -0.0542. The van der Waals surface area contributed by atoms with E-state index in [2.05, 4.69) is 16.0 Å². The minimum absolute atomic E-state index is 0.0469. The average molecular weight is 668 g/mol. The Balaban J connectivity index is 1.63. The van der Waals surface area contributed by atoms with Gasteiger partial charge in [0.2, 0.25) is 17.7 Å². The molecule has 6 atom stereocenters. The van der Waals surface area contributed by atoms with E-state index in [1.807, 2.05) is 58.0 Å². The third kappa shape index (κ3) is 9.35. The lowest BCUT2D eigenvalue weighted by Gasteiger charge is -2.35. The maximum atomic E-state index is 13.7. The summed E-state index contributed by atoms with van der Waals surface area (Å²) in [6, 6.07) is 13.0. The number of halogens is 1. The Morgan fingerprint density at radius 2 is 1.74 bits per heavy atom. The number of methoxy groups -OCH3 is 1. The maximum absolute atomic E-state index is 13.7. The van der Waals surface area contributed by atoms with Crippen LogP contribution in [0.4, 0.5) is 0 Å². The zero-order valence-corrected chi connectivity index (χ0v) is 28.9. The second-order valence-electron chi connectivity index (χ2n) is 14.0. The number of amides is 3. The van der Waals surface area contributed by atoms with E-state index in [1.165, 1.54) is 13.2 Å². The molecule has 11 heteroatoms. The molecule has 0 radical (unpaired) electrons. The number of cyclic esters (lactones) is 1. The van der Waals surface area contributed by atoms with E-state index in [1.54, 1.807) is 38.1 Å². The summed E-state index contributed by atoms with van der Waals surface area (Å²) < 4.78 is 17.4. The summed E-state index contributed by atoms with van der Waals surface area (Å²) in [4.78, 5) is 54.0. The van der Waals surface area contributed by atoms with Crippen molar-refractivity contribution in [1.82, 2.24) is 16.0 Å². The van der Waals surface area contributed by atoms with Crippen LogP contribution in [-0.2, 0) is 35.1 Å². The van der Waals surface area contributed by atoms with Gasteiger partial charge in [-0.1, -0.05) is 81.8 Å². The van der Waals surface area contributed by atoms with Crippen LogP contribution in [0.5, 0.6) is 5.75 Å². The van der Waals surface area contributed by atoms with Gasteiger partial charge < -0.3 is 30.2 Å². The number of benzene rings is 2.